The highest BCUT2D eigenvalue weighted by molar-refractivity contribution is 4.80. The van der Waals surface area contributed by atoms with E-state index in [4.69, 9.17) is 0 Å². The zero-order chi connectivity index (χ0) is 12.8. The largest absolute Gasteiger partial charge is 0.313 e. The molecule has 2 rings (SSSR count). The van der Waals surface area contributed by atoms with E-state index in [-0.39, 0.29) is 0 Å². The Kier molecular flexibility index (Phi) is 5.97. The average molecular weight is 252 g/mol. The maximum absolute atomic E-state index is 3.76. The monoisotopic (exact) mass is 252 g/mol. The summed E-state index contributed by atoms with van der Waals surface area (Å²) in [4.78, 5) is 2.61. The molecular formula is C16H32N2. The van der Waals surface area contributed by atoms with Gasteiger partial charge in [-0.15, -0.1) is 0 Å². The Hall–Kier alpha value is -0.0800. The highest BCUT2D eigenvalue weighted by Gasteiger charge is 2.24. The minimum atomic E-state index is 0.816. The van der Waals surface area contributed by atoms with Gasteiger partial charge in [-0.05, 0) is 38.6 Å². The van der Waals surface area contributed by atoms with Crippen molar-refractivity contribution >= 4 is 0 Å². The van der Waals surface area contributed by atoms with Gasteiger partial charge < -0.3 is 10.2 Å². The topological polar surface area (TPSA) is 15.3 Å². The van der Waals surface area contributed by atoms with Crippen molar-refractivity contribution in [3.63, 3.8) is 0 Å². The highest BCUT2D eigenvalue weighted by atomic mass is 15.1. The number of likely N-dealkylation sites (N-methyl/N-ethyl adjacent to an activating group) is 1. The molecule has 2 atom stereocenters. The Labute approximate surface area is 114 Å². The molecule has 2 heteroatoms. The minimum Gasteiger partial charge on any atom is -0.313 e. The van der Waals surface area contributed by atoms with Crippen LogP contribution in [0.2, 0.25) is 0 Å². The molecule has 2 aliphatic rings. The molecule has 0 aromatic heterocycles. The Morgan fingerprint density at radius 3 is 2.33 bits per heavy atom. The molecule has 0 aromatic rings. The molecule has 0 spiro atoms. The summed E-state index contributed by atoms with van der Waals surface area (Å²) in [5.74, 6) is 0.901. The van der Waals surface area contributed by atoms with Crippen molar-refractivity contribution in [3.8, 4) is 0 Å². The van der Waals surface area contributed by atoms with Gasteiger partial charge in [0.25, 0.3) is 0 Å². The molecule has 0 amide bonds. The van der Waals surface area contributed by atoms with Crippen LogP contribution in [-0.2, 0) is 0 Å². The van der Waals surface area contributed by atoms with Crippen LogP contribution in [0.15, 0.2) is 0 Å². The first-order valence-corrected chi connectivity index (χ1v) is 8.21. The first-order valence-electron chi connectivity index (χ1n) is 8.21. The maximum atomic E-state index is 3.76. The SMILES string of the molecule is CC1CCCCC1N(C)CCNC1CCCCC1. The highest BCUT2D eigenvalue weighted by Crippen LogP contribution is 2.27. The van der Waals surface area contributed by atoms with Gasteiger partial charge in [0.15, 0.2) is 0 Å². The second-order valence-electron chi connectivity index (χ2n) is 6.60. The summed E-state index contributed by atoms with van der Waals surface area (Å²) < 4.78 is 0. The lowest BCUT2D eigenvalue weighted by Gasteiger charge is -2.36. The van der Waals surface area contributed by atoms with E-state index in [0.29, 0.717) is 0 Å². The molecule has 2 unspecified atom stereocenters. The zero-order valence-electron chi connectivity index (χ0n) is 12.5. The average Bonchev–Trinajstić information content (AvgIpc) is 2.40. The molecule has 2 nitrogen and oxygen atoms in total. The Balaban J connectivity index is 1.62. The van der Waals surface area contributed by atoms with Gasteiger partial charge in [-0.1, -0.05) is 39.0 Å². The van der Waals surface area contributed by atoms with Crippen molar-refractivity contribution in [2.24, 2.45) is 5.92 Å². The van der Waals surface area contributed by atoms with E-state index in [2.05, 4.69) is 24.2 Å². The molecule has 2 saturated carbocycles. The maximum Gasteiger partial charge on any atom is 0.0118 e. The first kappa shape index (κ1) is 14.3. The fourth-order valence-corrected chi connectivity index (χ4v) is 3.87. The quantitative estimate of drug-likeness (QED) is 0.806. The standard InChI is InChI=1S/C16H32N2/c1-14-8-6-7-11-16(14)18(2)13-12-17-15-9-4-3-5-10-15/h14-17H,3-13H2,1-2H3. The summed E-state index contributed by atoms with van der Waals surface area (Å²) in [6.07, 6.45) is 12.9. The van der Waals surface area contributed by atoms with Crippen LogP contribution in [0.3, 0.4) is 0 Å². The lowest BCUT2D eigenvalue weighted by molar-refractivity contribution is 0.138. The molecule has 18 heavy (non-hydrogen) atoms. The van der Waals surface area contributed by atoms with Crippen LogP contribution in [0.5, 0.6) is 0 Å². The third-order valence-electron chi connectivity index (χ3n) is 5.14. The van der Waals surface area contributed by atoms with Crippen molar-refractivity contribution in [3.05, 3.63) is 0 Å². The predicted octanol–water partition coefficient (Wildman–Crippen LogP) is 3.42. The number of hydrogen-bond acceptors (Lipinski definition) is 2. The van der Waals surface area contributed by atoms with Gasteiger partial charge in [-0.25, -0.2) is 0 Å². The first-order chi connectivity index (χ1) is 8.77. The van der Waals surface area contributed by atoms with Crippen molar-refractivity contribution in [2.75, 3.05) is 20.1 Å². The van der Waals surface area contributed by atoms with E-state index in [1.54, 1.807) is 0 Å². The fraction of sp³-hybridized carbons (Fsp3) is 1.00. The second kappa shape index (κ2) is 7.49. The smallest absolute Gasteiger partial charge is 0.0118 e. The van der Waals surface area contributed by atoms with Gasteiger partial charge in [0.2, 0.25) is 0 Å². The summed E-state index contributed by atoms with van der Waals surface area (Å²) in [6, 6.07) is 1.66. The fourth-order valence-electron chi connectivity index (χ4n) is 3.87. The van der Waals surface area contributed by atoms with Crippen LogP contribution in [0, 0.1) is 5.92 Å². The van der Waals surface area contributed by atoms with Crippen molar-refractivity contribution in [2.45, 2.75) is 76.8 Å². The molecule has 0 heterocycles. The van der Waals surface area contributed by atoms with E-state index >= 15 is 0 Å². The molecule has 1 N–H and O–H groups in total. The normalized spacial score (nSPS) is 30.8. The van der Waals surface area contributed by atoms with Crippen LogP contribution in [0.4, 0.5) is 0 Å². The van der Waals surface area contributed by atoms with Crippen molar-refractivity contribution in [1.29, 1.82) is 0 Å². The number of nitrogens with zero attached hydrogens (tertiary/aromatic N) is 1. The van der Waals surface area contributed by atoms with E-state index in [1.165, 1.54) is 70.9 Å². The number of nitrogens with one attached hydrogen (secondary N) is 1. The number of hydrogen-bond donors (Lipinski definition) is 1. The van der Waals surface area contributed by atoms with Crippen LogP contribution in [0.1, 0.15) is 64.7 Å². The number of rotatable bonds is 5. The molecule has 2 fully saturated rings. The van der Waals surface area contributed by atoms with Gasteiger partial charge in [-0.2, -0.15) is 0 Å². The minimum absolute atomic E-state index is 0.816. The zero-order valence-corrected chi connectivity index (χ0v) is 12.5. The third-order valence-corrected chi connectivity index (χ3v) is 5.14. The summed E-state index contributed by atoms with van der Waals surface area (Å²) in [5, 5.41) is 3.76. The van der Waals surface area contributed by atoms with Gasteiger partial charge in [0.1, 0.15) is 0 Å². The Morgan fingerprint density at radius 2 is 1.61 bits per heavy atom. The lowest BCUT2D eigenvalue weighted by Crippen LogP contribution is -2.43. The summed E-state index contributed by atoms with van der Waals surface area (Å²) in [6.45, 7) is 4.85. The molecule has 0 bridgehead atoms. The van der Waals surface area contributed by atoms with Gasteiger partial charge in [0, 0.05) is 25.2 Å². The molecule has 0 saturated heterocycles. The second-order valence-corrected chi connectivity index (χ2v) is 6.60. The molecular weight excluding hydrogens is 220 g/mol. The van der Waals surface area contributed by atoms with E-state index in [1.807, 2.05) is 0 Å². The summed E-state index contributed by atoms with van der Waals surface area (Å²) >= 11 is 0. The molecule has 2 aliphatic carbocycles. The van der Waals surface area contributed by atoms with Gasteiger partial charge in [-0.3, -0.25) is 0 Å². The third kappa shape index (κ3) is 4.24. The van der Waals surface area contributed by atoms with Crippen LogP contribution >= 0.6 is 0 Å². The Morgan fingerprint density at radius 1 is 0.944 bits per heavy atom. The summed E-state index contributed by atoms with van der Waals surface area (Å²) in [5.41, 5.74) is 0. The molecule has 106 valence electrons. The predicted molar refractivity (Wildman–Crippen MR) is 78.9 cm³/mol. The van der Waals surface area contributed by atoms with E-state index < -0.39 is 0 Å². The van der Waals surface area contributed by atoms with Crippen molar-refractivity contribution < 1.29 is 0 Å². The van der Waals surface area contributed by atoms with Crippen LogP contribution < -0.4 is 5.32 Å². The van der Waals surface area contributed by atoms with Gasteiger partial charge in [0.05, 0.1) is 0 Å². The molecule has 0 aromatic carbocycles. The lowest BCUT2D eigenvalue weighted by atomic mass is 9.85. The Bertz CT molecular complexity index is 223. The van der Waals surface area contributed by atoms with Crippen LogP contribution in [0.25, 0.3) is 0 Å². The molecule has 0 radical (unpaired) electrons. The van der Waals surface area contributed by atoms with Crippen molar-refractivity contribution in [1.82, 2.24) is 10.2 Å². The molecule has 0 aliphatic heterocycles. The van der Waals surface area contributed by atoms with Gasteiger partial charge >= 0.3 is 0 Å². The van der Waals surface area contributed by atoms with E-state index in [0.717, 1.165) is 18.0 Å². The summed E-state index contributed by atoms with van der Waals surface area (Å²) in [7, 11) is 2.33. The van der Waals surface area contributed by atoms with Crippen LogP contribution in [-0.4, -0.2) is 37.1 Å². The van der Waals surface area contributed by atoms with E-state index in [9.17, 15) is 0 Å².